The SMILES string of the molecule is CCN1c2ccc([N+](=O)[O-])cc2Sc2ccc([N+](=O)[O-])cc21. The molecule has 0 N–H and O–H groups in total. The minimum absolute atomic E-state index is 0.0307. The summed E-state index contributed by atoms with van der Waals surface area (Å²) in [6.45, 7) is 2.54. The van der Waals surface area contributed by atoms with E-state index in [4.69, 9.17) is 0 Å². The van der Waals surface area contributed by atoms with Gasteiger partial charge in [-0.1, -0.05) is 11.8 Å². The lowest BCUT2D eigenvalue weighted by atomic mass is 10.2. The van der Waals surface area contributed by atoms with Gasteiger partial charge in [-0.2, -0.15) is 0 Å². The quantitative estimate of drug-likeness (QED) is 0.624. The minimum atomic E-state index is -0.428. The topological polar surface area (TPSA) is 89.5 Å². The van der Waals surface area contributed by atoms with E-state index in [2.05, 4.69) is 0 Å². The third-order valence-electron chi connectivity index (χ3n) is 3.43. The molecule has 7 nitrogen and oxygen atoms in total. The van der Waals surface area contributed by atoms with E-state index in [1.807, 2.05) is 11.8 Å². The first-order valence-corrected chi connectivity index (χ1v) is 7.35. The molecule has 0 radical (unpaired) electrons. The standard InChI is InChI=1S/C14H11N3O4S/c1-2-15-11-5-3-10(17(20)21)8-14(11)22-13-6-4-9(16(18)19)7-12(13)15/h3-8H,2H2,1H3. The van der Waals surface area contributed by atoms with Gasteiger partial charge in [0.15, 0.2) is 0 Å². The molecule has 8 heteroatoms. The number of rotatable bonds is 3. The molecule has 0 atom stereocenters. The Balaban J connectivity index is 2.13. The minimum Gasteiger partial charge on any atom is -0.340 e. The molecule has 0 aromatic heterocycles. The Labute approximate surface area is 129 Å². The molecule has 3 rings (SSSR count). The van der Waals surface area contributed by atoms with E-state index in [0.717, 1.165) is 21.2 Å². The molecule has 2 aromatic rings. The van der Waals surface area contributed by atoms with Gasteiger partial charge in [0.2, 0.25) is 0 Å². The van der Waals surface area contributed by atoms with Gasteiger partial charge in [0.1, 0.15) is 0 Å². The molecule has 0 aliphatic carbocycles. The zero-order chi connectivity index (χ0) is 15.9. The average molecular weight is 317 g/mol. The monoisotopic (exact) mass is 317 g/mol. The fourth-order valence-corrected chi connectivity index (χ4v) is 3.54. The van der Waals surface area contributed by atoms with Crippen LogP contribution in [0.15, 0.2) is 46.2 Å². The number of nitrogens with zero attached hydrogens (tertiary/aromatic N) is 3. The predicted molar refractivity (Wildman–Crippen MR) is 83.0 cm³/mol. The summed E-state index contributed by atoms with van der Waals surface area (Å²) in [7, 11) is 0. The van der Waals surface area contributed by atoms with Crippen molar-refractivity contribution in [2.24, 2.45) is 0 Å². The number of non-ortho nitro benzene ring substituents is 2. The van der Waals surface area contributed by atoms with Crippen LogP contribution in [0.5, 0.6) is 0 Å². The van der Waals surface area contributed by atoms with Crippen molar-refractivity contribution in [2.75, 3.05) is 11.4 Å². The van der Waals surface area contributed by atoms with Gasteiger partial charge >= 0.3 is 0 Å². The van der Waals surface area contributed by atoms with Crippen LogP contribution in [0.25, 0.3) is 0 Å². The second kappa shape index (κ2) is 5.30. The number of fused-ring (bicyclic) bond motifs is 2. The van der Waals surface area contributed by atoms with Crippen molar-refractivity contribution in [1.82, 2.24) is 0 Å². The Hall–Kier alpha value is -2.61. The second-order valence-corrected chi connectivity index (χ2v) is 5.75. The fourth-order valence-electron chi connectivity index (χ4n) is 2.43. The molecular formula is C14H11N3O4S. The lowest BCUT2D eigenvalue weighted by molar-refractivity contribution is -0.385. The van der Waals surface area contributed by atoms with Gasteiger partial charge in [0.05, 0.1) is 21.2 Å². The molecule has 22 heavy (non-hydrogen) atoms. The van der Waals surface area contributed by atoms with E-state index in [-0.39, 0.29) is 11.4 Å². The van der Waals surface area contributed by atoms with E-state index in [1.165, 1.54) is 36.0 Å². The molecule has 0 unspecified atom stereocenters. The van der Waals surface area contributed by atoms with Gasteiger partial charge in [-0.25, -0.2) is 0 Å². The van der Waals surface area contributed by atoms with Crippen molar-refractivity contribution in [2.45, 2.75) is 16.7 Å². The van der Waals surface area contributed by atoms with Crippen LogP contribution in [-0.2, 0) is 0 Å². The molecular weight excluding hydrogens is 306 g/mol. The maximum absolute atomic E-state index is 11.0. The molecule has 0 saturated carbocycles. The Kier molecular flexibility index (Phi) is 3.45. The van der Waals surface area contributed by atoms with Crippen LogP contribution < -0.4 is 4.90 Å². The molecule has 2 aromatic carbocycles. The third kappa shape index (κ3) is 2.27. The summed E-state index contributed by atoms with van der Waals surface area (Å²) in [6.07, 6.45) is 0. The Morgan fingerprint density at radius 2 is 1.59 bits per heavy atom. The summed E-state index contributed by atoms with van der Waals surface area (Å²) in [4.78, 5) is 24.6. The smallest absolute Gasteiger partial charge is 0.271 e. The first kappa shape index (κ1) is 14.3. The summed E-state index contributed by atoms with van der Waals surface area (Å²) >= 11 is 1.38. The van der Waals surface area contributed by atoms with E-state index >= 15 is 0 Å². The molecule has 0 saturated heterocycles. The Morgan fingerprint density at radius 1 is 0.955 bits per heavy atom. The summed E-state index contributed by atoms with van der Waals surface area (Å²) < 4.78 is 0. The van der Waals surface area contributed by atoms with Gasteiger partial charge in [-0.15, -0.1) is 0 Å². The first-order chi connectivity index (χ1) is 10.5. The van der Waals surface area contributed by atoms with Crippen LogP contribution in [0, 0.1) is 20.2 Å². The summed E-state index contributed by atoms with van der Waals surface area (Å²) in [6, 6.07) is 9.34. The van der Waals surface area contributed by atoms with E-state index in [0.29, 0.717) is 6.54 Å². The normalized spacial score (nSPS) is 12.5. The fraction of sp³-hybridized carbons (Fsp3) is 0.143. The molecule has 112 valence electrons. The Bertz CT molecular complexity index is 794. The van der Waals surface area contributed by atoms with Gasteiger partial charge in [0, 0.05) is 40.6 Å². The first-order valence-electron chi connectivity index (χ1n) is 6.53. The molecule has 0 bridgehead atoms. The van der Waals surface area contributed by atoms with E-state index in [1.54, 1.807) is 12.1 Å². The largest absolute Gasteiger partial charge is 0.340 e. The summed E-state index contributed by atoms with van der Waals surface area (Å²) in [5.74, 6) is 0. The zero-order valence-corrected chi connectivity index (χ0v) is 12.4. The predicted octanol–water partition coefficient (Wildman–Crippen LogP) is 4.13. The average Bonchev–Trinajstić information content (AvgIpc) is 2.51. The van der Waals surface area contributed by atoms with E-state index in [9.17, 15) is 20.2 Å². The van der Waals surface area contributed by atoms with Crippen molar-refractivity contribution >= 4 is 34.5 Å². The third-order valence-corrected chi connectivity index (χ3v) is 4.54. The highest BCUT2D eigenvalue weighted by Crippen LogP contribution is 2.49. The van der Waals surface area contributed by atoms with Crippen molar-refractivity contribution < 1.29 is 9.85 Å². The van der Waals surface area contributed by atoms with Crippen LogP contribution in [0.3, 0.4) is 0 Å². The lowest BCUT2D eigenvalue weighted by Crippen LogP contribution is -2.20. The summed E-state index contributed by atoms with van der Waals surface area (Å²) in [5, 5.41) is 21.9. The van der Waals surface area contributed by atoms with Crippen LogP contribution in [0.1, 0.15) is 6.92 Å². The van der Waals surface area contributed by atoms with Crippen LogP contribution in [0.4, 0.5) is 22.7 Å². The highest BCUT2D eigenvalue weighted by molar-refractivity contribution is 7.99. The highest BCUT2D eigenvalue weighted by Gasteiger charge is 2.26. The maximum atomic E-state index is 11.0. The summed E-state index contributed by atoms with van der Waals surface area (Å²) in [5.41, 5.74) is 1.64. The molecule has 1 heterocycles. The van der Waals surface area contributed by atoms with Crippen LogP contribution >= 0.6 is 11.8 Å². The van der Waals surface area contributed by atoms with Crippen LogP contribution in [0.2, 0.25) is 0 Å². The number of nitro benzene ring substituents is 2. The number of nitro groups is 2. The zero-order valence-electron chi connectivity index (χ0n) is 11.6. The van der Waals surface area contributed by atoms with Gasteiger partial charge in [-0.05, 0) is 19.1 Å². The van der Waals surface area contributed by atoms with E-state index < -0.39 is 9.85 Å². The molecule has 1 aliphatic heterocycles. The molecule has 0 amide bonds. The van der Waals surface area contributed by atoms with Crippen molar-refractivity contribution in [1.29, 1.82) is 0 Å². The molecule has 0 spiro atoms. The van der Waals surface area contributed by atoms with Gasteiger partial charge < -0.3 is 4.90 Å². The van der Waals surface area contributed by atoms with Crippen LogP contribution in [-0.4, -0.2) is 16.4 Å². The molecule has 1 aliphatic rings. The molecule has 0 fully saturated rings. The van der Waals surface area contributed by atoms with Crippen molar-refractivity contribution in [3.8, 4) is 0 Å². The number of anilines is 2. The number of benzene rings is 2. The maximum Gasteiger partial charge on any atom is 0.271 e. The van der Waals surface area contributed by atoms with Crippen molar-refractivity contribution in [3.05, 3.63) is 56.6 Å². The number of hydrogen-bond donors (Lipinski definition) is 0. The van der Waals surface area contributed by atoms with Crippen molar-refractivity contribution in [3.63, 3.8) is 0 Å². The highest BCUT2D eigenvalue weighted by atomic mass is 32.2. The van der Waals surface area contributed by atoms with Gasteiger partial charge in [0.25, 0.3) is 11.4 Å². The second-order valence-electron chi connectivity index (χ2n) is 4.66. The lowest BCUT2D eigenvalue weighted by Gasteiger charge is -2.31. The Morgan fingerprint density at radius 3 is 2.23 bits per heavy atom. The number of hydrogen-bond acceptors (Lipinski definition) is 6. The van der Waals surface area contributed by atoms with Gasteiger partial charge in [-0.3, -0.25) is 20.2 Å².